The Bertz CT molecular complexity index is 341. The Morgan fingerprint density at radius 3 is 2.62 bits per heavy atom. The molecule has 1 aromatic rings. The highest BCUT2D eigenvalue weighted by molar-refractivity contribution is 5.26. The quantitative estimate of drug-likeness (QED) is 0.809. The lowest BCUT2D eigenvalue weighted by Gasteiger charge is -2.21. The van der Waals surface area contributed by atoms with Gasteiger partial charge in [-0.15, -0.1) is 0 Å². The molecule has 0 spiro atoms. The van der Waals surface area contributed by atoms with Crippen molar-refractivity contribution in [2.75, 3.05) is 6.54 Å². The molecular formula is C13H20FNO. The van der Waals surface area contributed by atoms with Crippen LogP contribution in [-0.2, 0) is 0 Å². The summed E-state index contributed by atoms with van der Waals surface area (Å²) < 4.78 is 13.1. The molecule has 0 aliphatic rings. The van der Waals surface area contributed by atoms with E-state index in [1.807, 2.05) is 0 Å². The van der Waals surface area contributed by atoms with Crippen LogP contribution in [-0.4, -0.2) is 11.7 Å². The summed E-state index contributed by atoms with van der Waals surface area (Å²) in [7, 11) is 0. The second-order valence-electron chi connectivity index (χ2n) is 4.24. The molecule has 0 aliphatic heterocycles. The number of aliphatic hydroxyl groups excluding tert-OH is 1. The first kappa shape index (κ1) is 13.1. The highest BCUT2D eigenvalue weighted by atomic mass is 19.1. The third kappa shape index (κ3) is 3.03. The Morgan fingerprint density at radius 1 is 1.44 bits per heavy atom. The maximum Gasteiger partial charge on any atom is 0.126 e. The third-order valence-corrected chi connectivity index (χ3v) is 2.93. The average Bonchev–Trinajstić information content (AvgIpc) is 2.28. The fraction of sp³-hybridized carbons (Fsp3) is 0.538. The van der Waals surface area contributed by atoms with Crippen molar-refractivity contribution in [3.8, 4) is 0 Å². The smallest absolute Gasteiger partial charge is 0.126 e. The van der Waals surface area contributed by atoms with Gasteiger partial charge in [-0.2, -0.15) is 0 Å². The molecule has 0 saturated carbocycles. The lowest BCUT2D eigenvalue weighted by Crippen LogP contribution is -2.22. The van der Waals surface area contributed by atoms with Crippen LogP contribution >= 0.6 is 0 Å². The van der Waals surface area contributed by atoms with E-state index in [2.05, 4.69) is 6.92 Å². The minimum atomic E-state index is -0.593. The van der Waals surface area contributed by atoms with Crippen molar-refractivity contribution in [2.24, 2.45) is 11.7 Å². The molecule has 1 rings (SSSR count). The molecule has 2 nitrogen and oxygen atoms in total. The van der Waals surface area contributed by atoms with Gasteiger partial charge in [0.2, 0.25) is 0 Å². The van der Waals surface area contributed by atoms with Gasteiger partial charge in [-0.25, -0.2) is 4.39 Å². The van der Waals surface area contributed by atoms with Crippen LogP contribution in [0, 0.1) is 18.7 Å². The zero-order chi connectivity index (χ0) is 12.1. The van der Waals surface area contributed by atoms with Gasteiger partial charge in [0.15, 0.2) is 0 Å². The second-order valence-corrected chi connectivity index (χ2v) is 4.24. The number of halogens is 1. The molecule has 16 heavy (non-hydrogen) atoms. The fourth-order valence-electron chi connectivity index (χ4n) is 1.90. The molecular weight excluding hydrogens is 205 g/mol. The van der Waals surface area contributed by atoms with Crippen LogP contribution < -0.4 is 5.73 Å². The number of hydrogen-bond acceptors (Lipinski definition) is 2. The largest absolute Gasteiger partial charge is 0.388 e. The number of aliphatic hydroxyl groups is 1. The van der Waals surface area contributed by atoms with Gasteiger partial charge in [-0.1, -0.05) is 25.5 Å². The first-order chi connectivity index (χ1) is 7.60. The molecule has 2 unspecified atom stereocenters. The Hall–Kier alpha value is -0.930. The Morgan fingerprint density at radius 2 is 2.12 bits per heavy atom. The third-order valence-electron chi connectivity index (χ3n) is 2.93. The van der Waals surface area contributed by atoms with Crippen molar-refractivity contribution in [2.45, 2.75) is 32.8 Å². The van der Waals surface area contributed by atoms with Gasteiger partial charge in [0.25, 0.3) is 0 Å². The van der Waals surface area contributed by atoms with Crippen LogP contribution in [0.2, 0.25) is 0 Å². The molecule has 0 radical (unpaired) electrons. The Balaban J connectivity index is 2.85. The van der Waals surface area contributed by atoms with Crippen LogP contribution in [0.4, 0.5) is 4.39 Å². The number of benzene rings is 1. The number of rotatable bonds is 5. The molecule has 1 aromatic carbocycles. The standard InChI is InChI=1S/C13H20FNO/c1-3-4-11(8-15)13(16)10-5-6-12(14)9(2)7-10/h5-7,11,13,16H,3-4,8,15H2,1-2H3. The molecule has 0 fully saturated rings. The van der Waals surface area contributed by atoms with E-state index in [1.54, 1.807) is 19.1 Å². The van der Waals surface area contributed by atoms with Gasteiger partial charge in [0.05, 0.1) is 6.10 Å². The van der Waals surface area contributed by atoms with Gasteiger partial charge in [0.1, 0.15) is 5.82 Å². The molecule has 2 atom stereocenters. The molecule has 90 valence electrons. The molecule has 0 bridgehead atoms. The zero-order valence-electron chi connectivity index (χ0n) is 9.91. The summed E-state index contributed by atoms with van der Waals surface area (Å²) in [4.78, 5) is 0. The summed E-state index contributed by atoms with van der Waals surface area (Å²) in [5, 5.41) is 10.1. The van der Waals surface area contributed by atoms with E-state index in [0.717, 1.165) is 18.4 Å². The fourth-order valence-corrected chi connectivity index (χ4v) is 1.90. The van der Waals surface area contributed by atoms with Crippen molar-refractivity contribution in [3.63, 3.8) is 0 Å². The van der Waals surface area contributed by atoms with E-state index in [1.165, 1.54) is 6.07 Å². The Kier molecular flexibility index (Phi) is 4.90. The molecule has 0 heterocycles. The Labute approximate surface area is 96.3 Å². The van der Waals surface area contributed by atoms with Crippen molar-refractivity contribution in [1.82, 2.24) is 0 Å². The van der Waals surface area contributed by atoms with Gasteiger partial charge in [-0.3, -0.25) is 0 Å². The van der Waals surface area contributed by atoms with Crippen LogP contribution in [0.1, 0.15) is 37.0 Å². The second kappa shape index (κ2) is 5.97. The highest BCUT2D eigenvalue weighted by Gasteiger charge is 2.19. The molecule has 0 amide bonds. The van der Waals surface area contributed by atoms with E-state index in [9.17, 15) is 9.50 Å². The lowest BCUT2D eigenvalue weighted by atomic mass is 9.91. The van der Waals surface area contributed by atoms with Crippen molar-refractivity contribution < 1.29 is 9.50 Å². The summed E-state index contributed by atoms with van der Waals surface area (Å²) in [5.74, 6) is -0.189. The van der Waals surface area contributed by atoms with Crippen LogP contribution in [0.5, 0.6) is 0 Å². The minimum absolute atomic E-state index is 0.0508. The van der Waals surface area contributed by atoms with E-state index >= 15 is 0 Å². The molecule has 3 N–H and O–H groups in total. The van der Waals surface area contributed by atoms with Crippen molar-refractivity contribution >= 4 is 0 Å². The van der Waals surface area contributed by atoms with Gasteiger partial charge in [-0.05, 0) is 37.1 Å². The highest BCUT2D eigenvalue weighted by Crippen LogP contribution is 2.26. The summed E-state index contributed by atoms with van der Waals surface area (Å²) >= 11 is 0. The number of hydrogen-bond donors (Lipinski definition) is 2. The maximum atomic E-state index is 13.1. The van der Waals surface area contributed by atoms with E-state index in [0.29, 0.717) is 12.1 Å². The van der Waals surface area contributed by atoms with Crippen LogP contribution in [0.3, 0.4) is 0 Å². The van der Waals surface area contributed by atoms with Gasteiger partial charge in [0, 0.05) is 5.92 Å². The SMILES string of the molecule is CCCC(CN)C(O)c1ccc(F)c(C)c1. The monoisotopic (exact) mass is 225 g/mol. The molecule has 3 heteroatoms. The summed E-state index contributed by atoms with van der Waals surface area (Å²) in [5.41, 5.74) is 6.94. The van der Waals surface area contributed by atoms with E-state index < -0.39 is 6.10 Å². The van der Waals surface area contributed by atoms with E-state index in [-0.39, 0.29) is 11.7 Å². The predicted octanol–water partition coefficient (Wildman–Crippen LogP) is 2.54. The summed E-state index contributed by atoms with van der Waals surface area (Å²) in [6.45, 7) is 4.21. The van der Waals surface area contributed by atoms with Crippen LogP contribution in [0.25, 0.3) is 0 Å². The summed E-state index contributed by atoms with van der Waals surface area (Å²) in [6, 6.07) is 4.72. The number of aryl methyl sites for hydroxylation is 1. The average molecular weight is 225 g/mol. The molecule has 0 aliphatic carbocycles. The first-order valence-corrected chi connectivity index (χ1v) is 5.74. The van der Waals surface area contributed by atoms with Gasteiger partial charge >= 0.3 is 0 Å². The summed E-state index contributed by atoms with van der Waals surface area (Å²) in [6.07, 6.45) is 1.27. The maximum absolute atomic E-state index is 13.1. The topological polar surface area (TPSA) is 46.2 Å². The van der Waals surface area contributed by atoms with Gasteiger partial charge < -0.3 is 10.8 Å². The normalized spacial score (nSPS) is 14.8. The van der Waals surface area contributed by atoms with E-state index in [4.69, 9.17) is 5.73 Å². The first-order valence-electron chi connectivity index (χ1n) is 5.74. The minimum Gasteiger partial charge on any atom is -0.388 e. The zero-order valence-corrected chi connectivity index (χ0v) is 9.91. The van der Waals surface area contributed by atoms with Crippen LogP contribution in [0.15, 0.2) is 18.2 Å². The van der Waals surface area contributed by atoms with Crippen molar-refractivity contribution in [1.29, 1.82) is 0 Å². The molecule has 0 aromatic heterocycles. The molecule has 0 saturated heterocycles. The number of nitrogens with two attached hydrogens (primary N) is 1. The lowest BCUT2D eigenvalue weighted by molar-refractivity contribution is 0.106. The van der Waals surface area contributed by atoms with Crippen molar-refractivity contribution in [3.05, 3.63) is 35.1 Å². The predicted molar refractivity (Wildman–Crippen MR) is 63.5 cm³/mol.